The third-order valence-corrected chi connectivity index (χ3v) is 2.93. The van der Waals surface area contributed by atoms with Crippen LogP contribution in [-0.4, -0.2) is 15.6 Å². The number of aromatic nitrogens is 2. The van der Waals surface area contributed by atoms with Gasteiger partial charge in [-0.15, -0.1) is 0 Å². The molecule has 0 atom stereocenters. The molecule has 0 aliphatic carbocycles. The number of alkyl halides is 3. The van der Waals surface area contributed by atoms with E-state index >= 15 is 0 Å². The van der Waals surface area contributed by atoms with Gasteiger partial charge < -0.3 is 0 Å². The molecular weight excluding hydrogens is 269 g/mol. The molecule has 1 aromatic heterocycles. The number of hydrogen-bond acceptors (Lipinski definition) is 2. The highest BCUT2D eigenvalue weighted by Crippen LogP contribution is 2.29. The third kappa shape index (κ3) is 3.07. The quantitative estimate of drug-likeness (QED) is 0.810. The summed E-state index contributed by atoms with van der Waals surface area (Å²) < 4.78 is 38.7. The van der Waals surface area contributed by atoms with Crippen LogP contribution in [0.2, 0.25) is 0 Å². The van der Waals surface area contributed by atoms with Gasteiger partial charge in [0.1, 0.15) is 5.69 Å². The summed E-state index contributed by atoms with van der Waals surface area (Å²) in [6.07, 6.45) is -4.31. The summed E-state index contributed by atoms with van der Waals surface area (Å²) in [5, 5.41) is 4.07. The maximum absolute atomic E-state index is 12.4. The van der Waals surface area contributed by atoms with Gasteiger partial charge in [-0.2, -0.15) is 18.3 Å². The fourth-order valence-electron chi connectivity index (χ4n) is 1.96. The van der Waals surface area contributed by atoms with Crippen LogP contribution in [0.1, 0.15) is 27.3 Å². The molecule has 0 fully saturated rings. The Morgan fingerprint density at radius 1 is 1.25 bits per heavy atom. The lowest BCUT2D eigenvalue weighted by Crippen LogP contribution is -2.10. The molecule has 0 aliphatic heterocycles. The van der Waals surface area contributed by atoms with E-state index in [1.54, 1.807) is 20.0 Å². The van der Waals surface area contributed by atoms with Crippen LogP contribution in [-0.2, 0) is 19.6 Å². The van der Waals surface area contributed by atoms with Crippen LogP contribution >= 0.6 is 0 Å². The molecule has 1 aromatic carbocycles. The predicted octanol–water partition coefficient (Wildman–Crippen LogP) is 3.17. The second-order valence-electron chi connectivity index (χ2n) is 4.59. The normalized spacial score (nSPS) is 11.7. The topological polar surface area (TPSA) is 34.9 Å². The monoisotopic (exact) mass is 282 g/mol. The maximum Gasteiger partial charge on any atom is 0.416 e. The molecule has 106 valence electrons. The van der Waals surface area contributed by atoms with Gasteiger partial charge in [0, 0.05) is 13.5 Å². The van der Waals surface area contributed by atoms with Crippen molar-refractivity contribution in [2.24, 2.45) is 7.05 Å². The van der Waals surface area contributed by atoms with E-state index in [1.807, 2.05) is 0 Å². The van der Waals surface area contributed by atoms with Gasteiger partial charge in [0.25, 0.3) is 0 Å². The highest BCUT2D eigenvalue weighted by molar-refractivity contribution is 5.96. The Morgan fingerprint density at radius 2 is 1.85 bits per heavy atom. The number of aryl methyl sites for hydroxylation is 2. The first-order valence-electron chi connectivity index (χ1n) is 5.97. The average molecular weight is 282 g/mol. The highest BCUT2D eigenvalue weighted by Gasteiger charge is 2.30. The van der Waals surface area contributed by atoms with Gasteiger partial charge in [-0.05, 0) is 30.7 Å². The van der Waals surface area contributed by atoms with E-state index in [-0.39, 0.29) is 12.2 Å². The van der Waals surface area contributed by atoms with Crippen molar-refractivity contribution in [2.75, 3.05) is 0 Å². The van der Waals surface area contributed by atoms with E-state index in [0.717, 1.165) is 17.8 Å². The van der Waals surface area contributed by atoms with Crippen LogP contribution in [0, 0.1) is 6.92 Å². The summed E-state index contributed by atoms with van der Waals surface area (Å²) in [6, 6.07) is 6.27. The molecule has 0 unspecified atom stereocenters. The van der Waals surface area contributed by atoms with Crippen molar-refractivity contribution in [3.8, 4) is 0 Å². The first kappa shape index (κ1) is 14.3. The molecule has 1 heterocycles. The summed E-state index contributed by atoms with van der Waals surface area (Å²) in [7, 11) is 1.66. The molecule has 20 heavy (non-hydrogen) atoms. The Kier molecular flexibility index (Phi) is 3.65. The molecule has 0 saturated heterocycles. The van der Waals surface area contributed by atoms with Crippen molar-refractivity contribution in [1.82, 2.24) is 9.78 Å². The van der Waals surface area contributed by atoms with E-state index in [1.165, 1.54) is 16.8 Å². The average Bonchev–Trinajstić information content (AvgIpc) is 2.68. The zero-order chi connectivity index (χ0) is 14.9. The number of halogens is 3. The van der Waals surface area contributed by atoms with Crippen molar-refractivity contribution in [3.63, 3.8) is 0 Å². The number of nitrogens with zero attached hydrogens (tertiary/aromatic N) is 2. The first-order valence-corrected chi connectivity index (χ1v) is 5.97. The lowest BCUT2D eigenvalue weighted by atomic mass is 10.0. The minimum absolute atomic E-state index is 0.0527. The van der Waals surface area contributed by atoms with Gasteiger partial charge in [-0.25, -0.2) is 0 Å². The molecule has 6 heteroatoms. The Labute approximate surface area is 114 Å². The summed E-state index contributed by atoms with van der Waals surface area (Å²) >= 11 is 0. The molecule has 0 radical (unpaired) electrons. The van der Waals surface area contributed by atoms with Crippen molar-refractivity contribution < 1.29 is 18.0 Å². The van der Waals surface area contributed by atoms with Gasteiger partial charge >= 0.3 is 6.18 Å². The van der Waals surface area contributed by atoms with E-state index < -0.39 is 11.7 Å². The molecular formula is C14H13F3N2O. The molecule has 0 saturated carbocycles. The second-order valence-corrected chi connectivity index (χ2v) is 4.59. The van der Waals surface area contributed by atoms with Crippen LogP contribution in [0.3, 0.4) is 0 Å². The van der Waals surface area contributed by atoms with Crippen LogP contribution in [0.5, 0.6) is 0 Å². The standard InChI is InChI=1S/C14H13F3N2O/c1-9-7-12(19(2)18-9)13(20)8-10-3-5-11(6-4-10)14(15,16)17/h3-7H,8H2,1-2H3. The van der Waals surface area contributed by atoms with E-state index in [4.69, 9.17) is 0 Å². The molecule has 0 amide bonds. The third-order valence-electron chi connectivity index (χ3n) is 2.93. The predicted molar refractivity (Wildman–Crippen MR) is 67.4 cm³/mol. The molecule has 2 aromatic rings. The molecule has 0 bridgehead atoms. The van der Waals surface area contributed by atoms with Gasteiger partial charge in [-0.1, -0.05) is 12.1 Å². The zero-order valence-corrected chi connectivity index (χ0v) is 11.0. The number of benzene rings is 1. The first-order chi connectivity index (χ1) is 9.27. The van der Waals surface area contributed by atoms with Crippen molar-refractivity contribution in [2.45, 2.75) is 19.5 Å². The Balaban J connectivity index is 2.14. The molecule has 0 spiro atoms. The summed E-state index contributed by atoms with van der Waals surface area (Å²) in [5.41, 5.74) is 0.998. The molecule has 0 aliphatic rings. The highest BCUT2D eigenvalue weighted by atomic mass is 19.4. The van der Waals surface area contributed by atoms with Crippen LogP contribution < -0.4 is 0 Å². The number of hydrogen-bond donors (Lipinski definition) is 0. The van der Waals surface area contributed by atoms with E-state index in [9.17, 15) is 18.0 Å². The summed E-state index contributed by atoms with van der Waals surface area (Å²) in [5.74, 6) is -0.173. The fraction of sp³-hybridized carbons (Fsp3) is 0.286. The second kappa shape index (κ2) is 5.11. The lowest BCUT2D eigenvalue weighted by Gasteiger charge is -2.07. The lowest BCUT2D eigenvalue weighted by molar-refractivity contribution is -0.137. The zero-order valence-electron chi connectivity index (χ0n) is 11.0. The Morgan fingerprint density at radius 3 is 2.30 bits per heavy atom. The van der Waals surface area contributed by atoms with Crippen LogP contribution in [0.4, 0.5) is 13.2 Å². The minimum atomic E-state index is -4.36. The molecule has 3 nitrogen and oxygen atoms in total. The van der Waals surface area contributed by atoms with Crippen LogP contribution in [0.15, 0.2) is 30.3 Å². The van der Waals surface area contributed by atoms with Crippen molar-refractivity contribution >= 4 is 5.78 Å². The number of carbonyl (C=O) groups is 1. The van der Waals surface area contributed by atoms with Crippen molar-refractivity contribution in [3.05, 3.63) is 52.8 Å². The van der Waals surface area contributed by atoms with Gasteiger partial charge in [0.05, 0.1) is 11.3 Å². The smallest absolute Gasteiger partial charge is 0.292 e. The van der Waals surface area contributed by atoms with Crippen molar-refractivity contribution in [1.29, 1.82) is 0 Å². The van der Waals surface area contributed by atoms with Crippen LogP contribution in [0.25, 0.3) is 0 Å². The summed E-state index contributed by atoms with van der Waals surface area (Å²) in [6.45, 7) is 1.77. The number of carbonyl (C=O) groups excluding carboxylic acids is 1. The fourth-order valence-corrected chi connectivity index (χ4v) is 1.96. The number of rotatable bonds is 3. The van der Waals surface area contributed by atoms with Gasteiger partial charge in [0.2, 0.25) is 0 Å². The van der Waals surface area contributed by atoms with E-state index in [2.05, 4.69) is 5.10 Å². The summed E-state index contributed by atoms with van der Waals surface area (Å²) in [4.78, 5) is 12.0. The van der Waals surface area contributed by atoms with Gasteiger partial charge in [0.15, 0.2) is 5.78 Å². The molecule has 2 rings (SSSR count). The SMILES string of the molecule is Cc1cc(C(=O)Cc2ccc(C(F)(F)F)cc2)n(C)n1. The largest absolute Gasteiger partial charge is 0.416 e. The Bertz CT molecular complexity index is 627. The maximum atomic E-state index is 12.4. The number of Topliss-reactive ketones (excluding diaryl/α,β-unsaturated/α-hetero) is 1. The van der Waals surface area contributed by atoms with Gasteiger partial charge in [-0.3, -0.25) is 9.48 Å². The Hall–Kier alpha value is -2.11. The van der Waals surface area contributed by atoms with E-state index in [0.29, 0.717) is 11.3 Å². The number of ketones is 1. The molecule has 0 N–H and O–H groups in total. The minimum Gasteiger partial charge on any atom is -0.292 e.